The first-order valence-electron chi connectivity index (χ1n) is 7.77. The van der Waals surface area contributed by atoms with Crippen LogP contribution < -0.4 is 10.6 Å². The fourth-order valence-electron chi connectivity index (χ4n) is 2.93. The number of carbonyl (C=O) groups is 1. The molecule has 20 heavy (non-hydrogen) atoms. The van der Waals surface area contributed by atoms with Crippen LogP contribution in [0.4, 0.5) is 0 Å². The van der Waals surface area contributed by atoms with Crippen molar-refractivity contribution in [2.24, 2.45) is 5.41 Å². The van der Waals surface area contributed by atoms with Crippen molar-refractivity contribution in [2.45, 2.75) is 58.3 Å². The first kappa shape index (κ1) is 15.7. The van der Waals surface area contributed by atoms with Gasteiger partial charge in [0.2, 0.25) is 5.91 Å². The zero-order chi connectivity index (χ0) is 14.6. The summed E-state index contributed by atoms with van der Waals surface area (Å²) in [5.41, 5.74) is -0.370. The van der Waals surface area contributed by atoms with Gasteiger partial charge in [-0.2, -0.15) is 0 Å². The second kappa shape index (κ2) is 6.41. The lowest BCUT2D eigenvalue weighted by atomic mass is 9.87. The van der Waals surface area contributed by atoms with E-state index in [2.05, 4.69) is 10.6 Å². The van der Waals surface area contributed by atoms with E-state index >= 15 is 0 Å². The first-order valence-corrected chi connectivity index (χ1v) is 7.77. The number of nitrogens with one attached hydrogen (secondary N) is 2. The highest BCUT2D eigenvalue weighted by Crippen LogP contribution is 2.35. The van der Waals surface area contributed by atoms with Gasteiger partial charge >= 0.3 is 0 Å². The van der Waals surface area contributed by atoms with Gasteiger partial charge in [0.1, 0.15) is 0 Å². The summed E-state index contributed by atoms with van der Waals surface area (Å²) in [4.78, 5) is 12.0. The van der Waals surface area contributed by atoms with Crippen LogP contribution in [0.25, 0.3) is 0 Å². The van der Waals surface area contributed by atoms with Crippen LogP contribution in [-0.2, 0) is 14.3 Å². The lowest BCUT2D eigenvalue weighted by molar-refractivity contribution is -0.179. The Balaban J connectivity index is 1.74. The molecule has 0 bridgehead atoms. The molecular formula is C15H28N2O3. The van der Waals surface area contributed by atoms with Crippen LogP contribution in [0, 0.1) is 5.41 Å². The second-order valence-electron chi connectivity index (χ2n) is 6.51. The van der Waals surface area contributed by atoms with Crippen molar-refractivity contribution in [1.82, 2.24) is 10.6 Å². The van der Waals surface area contributed by atoms with E-state index in [1.54, 1.807) is 0 Å². The third-order valence-electron chi connectivity index (χ3n) is 4.35. The summed E-state index contributed by atoms with van der Waals surface area (Å²) in [6.45, 7) is 8.76. The Morgan fingerprint density at radius 2 is 1.85 bits per heavy atom. The molecule has 1 aliphatic heterocycles. The zero-order valence-electron chi connectivity index (χ0n) is 13.0. The summed E-state index contributed by atoms with van der Waals surface area (Å²) in [5, 5.41) is 6.43. The molecule has 0 atom stereocenters. The Hall–Kier alpha value is -0.650. The van der Waals surface area contributed by atoms with Crippen molar-refractivity contribution in [1.29, 1.82) is 0 Å². The quantitative estimate of drug-likeness (QED) is 0.802. The van der Waals surface area contributed by atoms with E-state index in [1.165, 1.54) is 0 Å². The Kier molecular flexibility index (Phi) is 5.04. The van der Waals surface area contributed by atoms with Crippen molar-refractivity contribution >= 4 is 5.91 Å². The summed E-state index contributed by atoms with van der Waals surface area (Å²) in [5.74, 6) is -0.185. The molecule has 1 saturated carbocycles. The highest BCUT2D eigenvalue weighted by Gasteiger charge is 2.40. The molecule has 0 unspecified atom stereocenters. The molecule has 1 saturated heterocycles. The molecule has 5 heteroatoms. The molecule has 2 N–H and O–H groups in total. The SMILES string of the molecule is CCNC(=O)C(C)(C)CNC1CCC2(CC1)OCCO2. The van der Waals surface area contributed by atoms with Gasteiger partial charge in [0, 0.05) is 32.0 Å². The van der Waals surface area contributed by atoms with Crippen LogP contribution in [0.1, 0.15) is 46.5 Å². The van der Waals surface area contributed by atoms with E-state index in [4.69, 9.17) is 9.47 Å². The number of hydrogen-bond acceptors (Lipinski definition) is 4. The third kappa shape index (κ3) is 3.71. The Bertz CT molecular complexity index is 328. The van der Waals surface area contributed by atoms with E-state index in [0.29, 0.717) is 19.1 Å². The van der Waals surface area contributed by atoms with Gasteiger partial charge in [0.25, 0.3) is 0 Å². The monoisotopic (exact) mass is 284 g/mol. The minimum atomic E-state index is -0.370. The lowest BCUT2D eigenvalue weighted by Gasteiger charge is -2.36. The third-order valence-corrected chi connectivity index (χ3v) is 4.35. The summed E-state index contributed by atoms with van der Waals surface area (Å²) in [7, 11) is 0. The van der Waals surface area contributed by atoms with Gasteiger partial charge in [0.15, 0.2) is 5.79 Å². The van der Waals surface area contributed by atoms with Crippen molar-refractivity contribution < 1.29 is 14.3 Å². The van der Waals surface area contributed by atoms with Crippen LogP contribution in [-0.4, -0.2) is 44.0 Å². The average molecular weight is 284 g/mol. The van der Waals surface area contributed by atoms with Crippen LogP contribution >= 0.6 is 0 Å². The minimum absolute atomic E-state index is 0.113. The summed E-state index contributed by atoms with van der Waals surface area (Å²) < 4.78 is 11.5. The van der Waals surface area contributed by atoms with Crippen LogP contribution in [0.3, 0.4) is 0 Å². The van der Waals surface area contributed by atoms with E-state index in [9.17, 15) is 4.79 Å². The van der Waals surface area contributed by atoms with Crippen molar-refractivity contribution in [3.8, 4) is 0 Å². The van der Waals surface area contributed by atoms with Crippen LogP contribution in [0.5, 0.6) is 0 Å². The fraction of sp³-hybridized carbons (Fsp3) is 0.933. The van der Waals surface area contributed by atoms with Gasteiger partial charge in [-0.3, -0.25) is 4.79 Å². The molecule has 116 valence electrons. The van der Waals surface area contributed by atoms with E-state index < -0.39 is 0 Å². The molecule has 0 aromatic heterocycles. The molecule has 0 radical (unpaired) electrons. The number of amides is 1. The molecule has 1 amide bonds. The Morgan fingerprint density at radius 3 is 2.40 bits per heavy atom. The normalized spacial score (nSPS) is 23.1. The molecule has 2 fully saturated rings. The second-order valence-corrected chi connectivity index (χ2v) is 6.51. The van der Waals surface area contributed by atoms with Crippen LogP contribution in [0.15, 0.2) is 0 Å². The van der Waals surface area contributed by atoms with E-state index in [-0.39, 0.29) is 17.1 Å². The number of hydrogen-bond donors (Lipinski definition) is 2. The first-order chi connectivity index (χ1) is 9.47. The number of carbonyl (C=O) groups excluding carboxylic acids is 1. The molecule has 0 aromatic rings. The molecule has 5 nitrogen and oxygen atoms in total. The van der Waals surface area contributed by atoms with Gasteiger partial charge in [0.05, 0.1) is 18.6 Å². The number of ether oxygens (including phenoxy) is 2. The Labute approximate surface area is 121 Å². The van der Waals surface area contributed by atoms with Crippen LogP contribution in [0.2, 0.25) is 0 Å². The van der Waals surface area contributed by atoms with E-state index in [0.717, 1.165) is 38.9 Å². The fourth-order valence-corrected chi connectivity index (χ4v) is 2.93. The largest absolute Gasteiger partial charge is 0.356 e. The molecule has 0 aromatic carbocycles. The minimum Gasteiger partial charge on any atom is -0.356 e. The Morgan fingerprint density at radius 1 is 1.25 bits per heavy atom. The highest BCUT2D eigenvalue weighted by atomic mass is 16.7. The van der Waals surface area contributed by atoms with Crippen molar-refractivity contribution in [3.63, 3.8) is 0 Å². The van der Waals surface area contributed by atoms with Crippen molar-refractivity contribution in [2.75, 3.05) is 26.3 Å². The van der Waals surface area contributed by atoms with Gasteiger partial charge in [-0.1, -0.05) is 0 Å². The van der Waals surface area contributed by atoms with Gasteiger partial charge in [-0.15, -0.1) is 0 Å². The van der Waals surface area contributed by atoms with Crippen molar-refractivity contribution in [3.05, 3.63) is 0 Å². The molecular weight excluding hydrogens is 256 g/mol. The predicted octanol–water partition coefficient (Wildman–Crippen LogP) is 1.42. The average Bonchev–Trinajstić information content (AvgIpc) is 2.87. The zero-order valence-corrected chi connectivity index (χ0v) is 13.0. The smallest absolute Gasteiger partial charge is 0.226 e. The molecule has 2 aliphatic rings. The summed E-state index contributed by atoms with van der Waals surface area (Å²) in [6.07, 6.45) is 4.00. The lowest BCUT2D eigenvalue weighted by Crippen LogP contribution is -2.48. The van der Waals surface area contributed by atoms with E-state index in [1.807, 2.05) is 20.8 Å². The standard InChI is InChI=1S/C15H28N2O3/c1-4-16-13(18)14(2,3)11-17-12-5-7-15(8-6-12)19-9-10-20-15/h12,17H,4-11H2,1-3H3,(H,16,18). The highest BCUT2D eigenvalue weighted by molar-refractivity contribution is 5.81. The maximum Gasteiger partial charge on any atom is 0.226 e. The maximum absolute atomic E-state index is 12.0. The summed E-state index contributed by atoms with van der Waals surface area (Å²) >= 11 is 0. The number of rotatable bonds is 5. The van der Waals surface area contributed by atoms with Gasteiger partial charge < -0.3 is 20.1 Å². The summed E-state index contributed by atoms with van der Waals surface area (Å²) in [6, 6.07) is 0.460. The maximum atomic E-state index is 12.0. The predicted molar refractivity (Wildman–Crippen MR) is 77.4 cm³/mol. The molecule has 1 spiro atoms. The van der Waals surface area contributed by atoms with Gasteiger partial charge in [-0.05, 0) is 33.6 Å². The molecule has 2 rings (SSSR count). The molecule has 1 heterocycles. The topological polar surface area (TPSA) is 59.6 Å². The molecule has 1 aliphatic carbocycles. The van der Waals surface area contributed by atoms with Gasteiger partial charge in [-0.25, -0.2) is 0 Å².